The van der Waals surface area contributed by atoms with Gasteiger partial charge in [0, 0.05) is 5.56 Å². The van der Waals surface area contributed by atoms with Crippen LogP contribution in [0, 0.1) is 6.92 Å². The van der Waals surface area contributed by atoms with Crippen molar-refractivity contribution in [2.75, 3.05) is 7.11 Å². The molecule has 1 amide bonds. The summed E-state index contributed by atoms with van der Waals surface area (Å²) >= 11 is 0. The van der Waals surface area contributed by atoms with E-state index in [2.05, 4.69) is 5.32 Å². The van der Waals surface area contributed by atoms with Crippen LogP contribution in [0.3, 0.4) is 0 Å². The third kappa shape index (κ3) is 3.69. The van der Waals surface area contributed by atoms with Crippen LogP contribution in [0.1, 0.15) is 27.5 Å². The number of amides is 1. The van der Waals surface area contributed by atoms with Gasteiger partial charge in [0.2, 0.25) is 0 Å². The molecule has 1 atom stereocenters. The maximum atomic E-state index is 12.4. The van der Waals surface area contributed by atoms with Crippen LogP contribution in [-0.4, -0.2) is 19.0 Å². The lowest BCUT2D eigenvalue weighted by Crippen LogP contribution is -2.36. The third-order valence-corrected chi connectivity index (χ3v) is 3.24. The number of methoxy groups -OCH3 is 1. The summed E-state index contributed by atoms with van der Waals surface area (Å²) in [6.07, 6.45) is 3.62. The van der Waals surface area contributed by atoms with Gasteiger partial charge in [-0.15, -0.1) is 0 Å². The monoisotopic (exact) mass is 299 g/mol. The number of aryl methyl sites for hydroxylation is 2. The van der Waals surface area contributed by atoms with Crippen LogP contribution >= 0.6 is 0 Å². The minimum absolute atomic E-state index is 0.321. The summed E-state index contributed by atoms with van der Waals surface area (Å²) in [4.78, 5) is 24.4. The number of nitrogens with one attached hydrogen (secondary N) is 1. The molecule has 0 unspecified atom stereocenters. The molecule has 0 saturated carbocycles. The van der Waals surface area contributed by atoms with Gasteiger partial charge in [-0.05, 0) is 18.6 Å². The van der Waals surface area contributed by atoms with E-state index >= 15 is 0 Å². The van der Waals surface area contributed by atoms with E-state index in [0.717, 1.165) is 5.56 Å². The van der Waals surface area contributed by atoms with E-state index in [1.807, 2.05) is 38.4 Å². The smallest absolute Gasteiger partial charge is 0.333 e. The van der Waals surface area contributed by atoms with Crippen LogP contribution in [0.4, 0.5) is 0 Å². The van der Waals surface area contributed by atoms with Gasteiger partial charge in [-0.1, -0.05) is 30.3 Å². The molecule has 0 aliphatic carbocycles. The Labute approximate surface area is 129 Å². The van der Waals surface area contributed by atoms with Crippen molar-refractivity contribution in [1.29, 1.82) is 0 Å². The van der Waals surface area contributed by atoms with Crippen molar-refractivity contribution in [2.24, 2.45) is 7.05 Å². The Balaban J connectivity index is 2.27. The fraction of sp³-hybridized carbons (Fsp3) is 0.235. The van der Waals surface area contributed by atoms with Gasteiger partial charge in [-0.3, -0.25) is 4.79 Å². The molecule has 5 heteroatoms. The van der Waals surface area contributed by atoms with Gasteiger partial charge >= 0.3 is 5.97 Å². The number of carbonyl (C=O) groups is 2. The van der Waals surface area contributed by atoms with Gasteiger partial charge in [0.15, 0.2) is 18.4 Å². The second-order valence-corrected chi connectivity index (χ2v) is 5.11. The number of esters is 1. The predicted molar refractivity (Wildman–Crippen MR) is 81.0 cm³/mol. The van der Waals surface area contributed by atoms with Crippen molar-refractivity contribution in [3.63, 3.8) is 0 Å². The largest absolute Gasteiger partial charge is 0.467 e. The molecule has 0 bridgehead atoms. The van der Waals surface area contributed by atoms with Gasteiger partial charge < -0.3 is 10.1 Å². The summed E-state index contributed by atoms with van der Waals surface area (Å²) in [5.74, 6) is -0.824. The predicted octanol–water partition coefficient (Wildman–Crippen LogP) is 1.46. The average molecular weight is 299 g/mol. The van der Waals surface area contributed by atoms with E-state index in [1.54, 1.807) is 29.0 Å². The first-order chi connectivity index (χ1) is 10.5. The summed E-state index contributed by atoms with van der Waals surface area (Å²) in [7, 11) is 3.15. The van der Waals surface area contributed by atoms with Crippen LogP contribution in [0.15, 0.2) is 48.8 Å². The summed E-state index contributed by atoms with van der Waals surface area (Å²) in [6.45, 7) is 1.91. The highest BCUT2D eigenvalue weighted by atomic mass is 16.5. The zero-order valence-electron chi connectivity index (χ0n) is 12.9. The van der Waals surface area contributed by atoms with E-state index in [9.17, 15) is 9.59 Å². The fourth-order valence-electron chi connectivity index (χ4n) is 2.28. The number of pyridine rings is 1. The van der Waals surface area contributed by atoms with Crippen molar-refractivity contribution in [3.8, 4) is 0 Å². The summed E-state index contributed by atoms with van der Waals surface area (Å²) in [5.41, 5.74) is 2.14. The van der Waals surface area contributed by atoms with Crippen LogP contribution < -0.4 is 9.88 Å². The van der Waals surface area contributed by atoms with E-state index in [4.69, 9.17) is 4.74 Å². The number of hydrogen-bond donors (Lipinski definition) is 1. The third-order valence-electron chi connectivity index (χ3n) is 3.24. The molecule has 2 aromatic rings. The molecule has 0 spiro atoms. The fourth-order valence-corrected chi connectivity index (χ4v) is 2.28. The Morgan fingerprint density at radius 1 is 1.18 bits per heavy atom. The highest BCUT2D eigenvalue weighted by Gasteiger charge is 2.24. The lowest BCUT2D eigenvalue weighted by Gasteiger charge is -2.16. The quantitative estimate of drug-likeness (QED) is 0.687. The molecular weight excluding hydrogens is 280 g/mol. The number of rotatable bonds is 4. The van der Waals surface area contributed by atoms with Crippen molar-refractivity contribution in [3.05, 3.63) is 65.5 Å². The number of nitrogens with zero attached hydrogens (tertiary/aromatic N) is 1. The highest BCUT2D eigenvalue weighted by Crippen LogP contribution is 2.15. The van der Waals surface area contributed by atoms with Gasteiger partial charge in [-0.2, -0.15) is 0 Å². The zero-order chi connectivity index (χ0) is 16.1. The van der Waals surface area contributed by atoms with Crippen LogP contribution in [0.5, 0.6) is 0 Å². The summed E-state index contributed by atoms with van der Waals surface area (Å²) in [6, 6.07) is 9.96. The second kappa shape index (κ2) is 6.85. The number of aromatic nitrogens is 1. The molecule has 0 aliphatic rings. The van der Waals surface area contributed by atoms with Gasteiger partial charge in [-0.25, -0.2) is 9.36 Å². The maximum absolute atomic E-state index is 12.4. The van der Waals surface area contributed by atoms with Crippen LogP contribution in [-0.2, 0) is 16.6 Å². The number of benzene rings is 1. The van der Waals surface area contributed by atoms with E-state index in [1.165, 1.54) is 7.11 Å². The van der Waals surface area contributed by atoms with E-state index in [-0.39, 0.29) is 5.91 Å². The van der Waals surface area contributed by atoms with Crippen LogP contribution in [0.2, 0.25) is 0 Å². The summed E-state index contributed by atoms with van der Waals surface area (Å²) in [5, 5.41) is 2.73. The SMILES string of the molecule is COC(=O)[C@@H](NC(=O)c1cc(C)c[n+](C)c1)c1ccccc1. The molecule has 0 fully saturated rings. The molecule has 1 N–H and O–H groups in total. The van der Waals surface area contributed by atoms with Crippen molar-refractivity contribution < 1.29 is 18.9 Å². The Bertz CT molecular complexity index is 663. The molecule has 22 heavy (non-hydrogen) atoms. The average Bonchev–Trinajstić information content (AvgIpc) is 2.51. The Hall–Kier alpha value is -2.69. The zero-order valence-corrected chi connectivity index (χ0v) is 12.9. The highest BCUT2D eigenvalue weighted by molar-refractivity contribution is 5.96. The van der Waals surface area contributed by atoms with Crippen LogP contribution in [0.25, 0.3) is 0 Å². The molecule has 0 saturated heterocycles. The van der Waals surface area contributed by atoms with Gasteiger partial charge in [0.25, 0.3) is 5.91 Å². The standard InChI is InChI=1S/C17H18N2O3/c1-12-9-14(11-19(2)10-12)16(20)18-15(17(21)22-3)13-7-5-4-6-8-13/h4-11,15H,1-3H3/p+1/t15-/m0/s1. The molecule has 1 aromatic heterocycles. The van der Waals surface area contributed by atoms with Crippen molar-refractivity contribution in [1.82, 2.24) is 5.32 Å². The Morgan fingerprint density at radius 2 is 1.86 bits per heavy atom. The molecule has 1 heterocycles. The topological polar surface area (TPSA) is 59.3 Å². The van der Waals surface area contributed by atoms with Crippen molar-refractivity contribution >= 4 is 11.9 Å². The maximum Gasteiger partial charge on any atom is 0.333 e. The van der Waals surface area contributed by atoms with E-state index < -0.39 is 12.0 Å². The Kier molecular flexibility index (Phi) is 4.88. The minimum atomic E-state index is -0.829. The first kappa shape index (κ1) is 15.7. The van der Waals surface area contributed by atoms with Gasteiger partial charge in [0.05, 0.1) is 7.11 Å². The summed E-state index contributed by atoms with van der Waals surface area (Å²) < 4.78 is 6.60. The first-order valence-corrected chi connectivity index (χ1v) is 6.92. The molecule has 114 valence electrons. The molecule has 0 aliphatic heterocycles. The second-order valence-electron chi connectivity index (χ2n) is 5.11. The molecule has 5 nitrogen and oxygen atoms in total. The van der Waals surface area contributed by atoms with E-state index in [0.29, 0.717) is 11.1 Å². The minimum Gasteiger partial charge on any atom is -0.467 e. The Morgan fingerprint density at radius 3 is 2.45 bits per heavy atom. The first-order valence-electron chi connectivity index (χ1n) is 6.92. The lowest BCUT2D eigenvalue weighted by atomic mass is 10.1. The molecule has 2 rings (SSSR count). The number of hydrogen-bond acceptors (Lipinski definition) is 3. The number of carbonyl (C=O) groups excluding carboxylic acids is 2. The number of ether oxygens (including phenoxy) is 1. The molecular formula is C17H19N2O3+. The lowest BCUT2D eigenvalue weighted by molar-refractivity contribution is -0.672. The van der Waals surface area contributed by atoms with Gasteiger partial charge in [0.1, 0.15) is 12.6 Å². The molecule has 1 aromatic carbocycles. The van der Waals surface area contributed by atoms with Crippen molar-refractivity contribution in [2.45, 2.75) is 13.0 Å². The molecule has 0 radical (unpaired) electrons. The normalized spacial score (nSPS) is 11.6.